The molecule has 3 aromatic rings. The van der Waals surface area contributed by atoms with E-state index in [1.807, 2.05) is 37.3 Å². The lowest BCUT2D eigenvalue weighted by Gasteiger charge is -2.35. The van der Waals surface area contributed by atoms with Gasteiger partial charge in [0.1, 0.15) is 5.75 Å². The molecule has 0 aliphatic carbocycles. The SMILES string of the molecule is Cc1ccc(S(=O)(=O)N2CC(C(=O)NC(CC(C)C)c3ccccc3)Oc3ccccc32)cc1. The predicted octanol–water partition coefficient (Wildman–Crippen LogP) is 4.85. The van der Waals surface area contributed by atoms with E-state index in [4.69, 9.17) is 4.74 Å². The summed E-state index contributed by atoms with van der Waals surface area (Å²) in [5.74, 6) is 0.384. The summed E-state index contributed by atoms with van der Waals surface area (Å²) in [5.41, 5.74) is 2.40. The van der Waals surface area contributed by atoms with Crippen LogP contribution in [0.1, 0.15) is 37.4 Å². The summed E-state index contributed by atoms with van der Waals surface area (Å²) in [6, 6.07) is 23.2. The number of carbonyl (C=O) groups is 1. The number of nitrogens with one attached hydrogen (secondary N) is 1. The van der Waals surface area contributed by atoms with E-state index in [0.717, 1.165) is 17.5 Å². The minimum atomic E-state index is -3.88. The molecule has 3 aromatic carbocycles. The minimum Gasteiger partial charge on any atom is -0.476 e. The lowest BCUT2D eigenvalue weighted by molar-refractivity contribution is -0.128. The van der Waals surface area contributed by atoms with Gasteiger partial charge >= 0.3 is 0 Å². The molecule has 2 unspecified atom stereocenters. The van der Waals surface area contributed by atoms with Crippen molar-refractivity contribution in [2.75, 3.05) is 10.8 Å². The van der Waals surface area contributed by atoms with E-state index in [0.29, 0.717) is 17.4 Å². The van der Waals surface area contributed by atoms with Crippen LogP contribution in [-0.2, 0) is 14.8 Å². The highest BCUT2D eigenvalue weighted by Crippen LogP contribution is 2.37. The maximum absolute atomic E-state index is 13.6. The summed E-state index contributed by atoms with van der Waals surface area (Å²) in [7, 11) is -3.88. The Morgan fingerprint density at radius 3 is 2.32 bits per heavy atom. The quantitative estimate of drug-likeness (QED) is 0.526. The predicted molar refractivity (Wildman–Crippen MR) is 133 cm³/mol. The van der Waals surface area contributed by atoms with Crippen LogP contribution in [0.2, 0.25) is 0 Å². The molecular formula is C27H30N2O4S. The number of hydrogen-bond donors (Lipinski definition) is 1. The number of hydrogen-bond acceptors (Lipinski definition) is 4. The van der Waals surface area contributed by atoms with Gasteiger partial charge in [-0.25, -0.2) is 8.42 Å². The first-order valence-corrected chi connectivity index (χ1v) is 12.9. The molecule has 0 saturated carbocycles. The molecule has 7 heteroatoms. The Morgan fingerprint density at radius 1 is 1.00 bits per heavy atom. The van der Waals surface area contributed by atoms with Gasteiger partial charge in [-0.3, -0.25) is 9.10 Å². The first kappa shape index (κ1) is 23.8. The molecule has 34 heavy (non-hydrogen) atoms. The zero-order valence-corrected chi connectivity index (χ0v) is 20.5. The summed E-state index contributed by atoms with van der Waals surface area (Å²) >= 11 is 0. The molecule has 0 bridgehead atoms. The molecule has 0 radical (unpaired) electrons. The Balaban J connectivity index is 1.63. The molecule has 1 amide bonds. The fourth-order valence-electron chi connectivity index (χ4n) is 4.10. The number of sulfonamides is 1. The van der Waals surface area contributed by atoms with Crippen LogP contribution in [0.4, 0.5) is 5.69 Å². The van der Waals surface area contributed by atoms with Crippen LogP contribution in [0.25, 0.3) is 0 Å². The zero-order chi connectivity index (χ0) is 24.3. The van der Waals surface area contributed by atoms with Crippen LogP contribution >= 0.6 is 0 Å². The van der Waals surface area contributed by atoms with Crippen LogP contribution < -0.4 is 14.4 Å². The average Bonchev–Trinajstić information content (AvgIpc) is 2.83. The van der Waals surface area contributed by atoms with Gasteiger partial charge in [0, 0.05) is 0 Å². The van der Waals surface area contributed by atoms with E-state index < -0.39 is 16.1 Å². The summed E-state index contributed by atoms with van der Waals surface area (Å²) in [4.78, 5) is 13.5. The van der Waals surface area contributed by atoms with Gasteiger partial charge in [-0.2, -0.15) is 0 Å². The van der Waals surface area contributed by atoms with Crippen molar-refractivity contribution in [3.05, 3.63) is 90.0 Å². The van der Waals surface area contributed by atoms with Gasteiger partial charge in [-0.15, -0.1) is 0 Å². The number of fused-ring (bicyclic) bond motifs is 1. The molecular weight excluding hydrogens is 448 g/mol. The number of para-hydroxylation sites is 2. The van der Waals surface area contributed by atoms with Gasteiger partial charge in [-0.1, -0.05) is 74.0 Å². The molecule has 1 heterocycles. The first-order valence-electron chi connectivity index (χ1n) is 11.5. The molecule has 4 rings (SSSR count). The highest BCUT2D eigenvalue weighted by Gasteiger charge is 2.38. The van der Waals surface area contributed by atoms with E-state index in [1.54, 1.807) is 48.5 Å². The second-order valence-electron chi connectivity index (χ2n) is 9.02. The molecule has 6 nitrogen and oxygen atoms in total. The van der Waals surface area contributed by atoms with Crippen molar-refractivity contribution in [2.24, 2.45) is 5.92 Å². The van der Waals surface area contributed by atoms with Gasteiger partial charge in [0.2, 0.25) is 0 Å². The number of ether oxygens (including phenoxy) is 1. The van der Waals surface area contributed by atoms with Crippen molar-refractivity contribution in [3.63, 3.8) is 0 Å². The molecule has 0 aromatic heterocycles. The van der Waals surface area contributed by atoms with Crippen molar-refractivity contribution >= 4 is 21.6 Å². The van der Waals surface area contributed by atoms with Gasteiger partial charge < -0.3 is 10.1 Å². The van der Waals surface area contributed by atoms with Crippen molar-refractivity contribution in [1.82, 2.24) is 5.32 Å². The van der Waals surface area contributed by atoms with Crippen molar-refractivity contribution < 1.29 is 17.9 Å². The van der Waals surface area contributed by atoms with Crippen molar-refractivity contribution in [1.29, 1.82) is 0 Å². The highest BCUT2D eigenvalue weighted by molar-refractivity contribution is 7.92. The number of benzene rings is 3. The minimum absolute atomic E-state index is 0.109. The second-order valence-corrected chi connectivity index (χ2v) is 10.9. The number of carbonyl (C=O) groups excluding carboxylic acids is 1. The largest absolute Gasteiger partial charge is 0.476 e. The molecule has 178 valence electrons. The number of aryl methyl sites for hydroxylation is 1. The standard InChI is InChI=1S/C27H30N2O4S/c1-19(2)17-23(21-9-5-4-6-10-21)28-27(30)26-18-29(24-11-7-8-12-25(24)33-26)34(31,32)22-15-13-20(3)14-16-22/h4-16,19,23,26H,17-18H2,1-3H3,(H,28,30). The van der Waals surface area contributed by atoms with Crippen LogP contribution in [0.5, 0.6) is 5.75 Å². The van der Waals surface area contributed by atoms with Gasteiger partial charge in [0.05, 0.1) is 23.2 Å². The number of anilines is 1. The molecule has 0 spiro atoms. The molecule has 1 N–H and O–H groups in total. The lowest BCUT2D eigenvalue weighted by atomic mass is 9.96. The average molecular weight is 479 g/mol. The van der Waals surface area contributed by atoms with E-state index in [9.17, 15) is 13.2 Å². The summed E-state index contributed by atoms with van der Waals surface area (Å²) < 4.78 is 34.4. The fourth-order valence-corrected chi connectivity index (χ4v) is 5.58. The van der Waals surface area contributed by atoms with Crippen LogP contribution in [0, 0.1) is 12.8 Å². The van der Waals surface area contributed by atoms with Crippen molar-refractivity contribution in [3.8, 4) is 5.75 Å². The third-order valence-corrected chi connectivity index (χ3v) is 7.66. The van der Waals surface area contributed by atoms with E-state index in [-0.39, 0.29) is 23.4 Å². The van der Waals surface area contributed by atoms with Gasteiger partial charge in [0.15, 0.2) is 6.10 Å². The Hall–Kier alpha value is -3.32. The maximum atomic E-state index is 13.6. The molecule has 0 saturated heterocycles. The maximum Gasteiger partial charge on any atom is 0.264 e. The smallest absolute Gasteiger partial charge is 0.264 e. The number of amides is 1. The molecule has 1 aliphatic rings. The third-order valence-electron chi connectivity index (χ3n) is 5.86. The van der Waals surface area contributed by atoms with E-state index >= 15 is 0 Å². The van der Waals surface area contributed by atoms with Crippen molar-refractivity contribution in [2.45, 2.75) is 44.2 Å². The molecule has 0 fully saturated rings. The zero-order valence-electron chi connectivity index (χ0n) is 19.6. The van der Waals surface area contributed by atoms with Gasteiger partial charge in [-0.05, 0) is 49.1 Å². The Kier molecular flexibility index (Phi) is 6.93. The summed E-state index contributed by atoms with van der Waals surface area (Å²) in [6.07, 6.45) is -0.224. The number of nitrogens with zero attached hydrogens (tertiary/aromatic N) is 1. The monoisotopic (exact) mass is 478 g/mol. The fraction of sp³-hybridized carbons (Fsp3) is 0.296. The topological polar surface area (TPSA) is 75.7 Å². The second kappa shape index (κ2) is 9.89. The first-order chi connectivity index (χ1) is 16.3. The summed E-state index contributed by atoms with van der Waals surface area (Å²) in [6.45, 7) is 6.00. The summed E-state index contributed by atoms with van der Waals surface area (Å²) in [5, 5.41) is 3.10. The third kappa shape index (κ3) is 5.09. The van der Waals surface area contributed by atoms with E-state index in [1.165, 1.54) is 4.31 Å². The lowest BCUT2D eigenvalue weighted by Crippen LogP contribution is -2.51. The normalized spacial score (nSPS) is 16.5. The molecule has 2 atom stereocenters. The highest BCUT2D eigenvalue weighted by atomic mass is 32.2. The number of rotatable bonds is 7. The van der Waals surface area contributed by atoms with Gasteiger partial charge in [0.25, 0.3) is 15.9 Å². The Labute approximate surface area is 201 Å². The Bertz CT molecular complexity index is 1240. The Morgan fingerprint density at radius 2 is 1.65 bits per heavy atom. The van der Waals surface area contributed by atoms with Crippen LogP contribution in [0.15, 0.2) is 83.8 Å². The van der Waals surface area contributed by atoms with E-state index in [2.05, 4.69) is 19.2 Å². The van der Waals surface area contributed by atoms with Crippen LogP contribution in [-0.4, -0.2) is 27.0 Å². The molecule has 1 aliphatic heterocycles. The van der Waals surface area contributed by atoms with Crippen LogP contribution in [0.3, 0.4) is 0 Å².